The van der Waals surface area contributed by atoms with E-state index in [1.807, 2.05) is 30.3 Å². The molecule has 0 bridgehead atoms. The third-order valence-corrected chi connectivity index (χ3v) is 4.30. The van der Waals surface area contributed by atoms with E-state index >= 15 is 0 Å². The second-order valence-electron chi connectivity index (χ2n) is 5.69. The van der Waals surface area contributed by atoms with Crippen LogP contribution in [0.3, 0.4) is 0 Å². The molecule has 1 aliphatic heterocycles. The normalized spacial score (nSPS) is 18.6. The van der Waals surface area contributed by atoms with Gasteiger partial charge in [0.15, 0.2) is 0 Å². The number of nitrogens with zero attached hydrogens (tertiary/aromatic N) is 2. The average molecular weight is 291 g/mol. The average Bonchev–Trinajstić information content (AvgIpc) is 2.55. The molecule has 118 valence electrons. The maximum Gasteiger partial charge on any atom is 0.119 e. The highest BCUT2D eigenvalue weighted by Gasteiger charge is 2.21. The molecule has 1 heterocycles. The quantitative estimate of drug-likeness (QED) is 0.742. The Labute approximate surface area is 128 Å². The van der Waals surface area contributed by atoms with Gasteiger partial charge in [0.2, 0.25) is 0 Å². The van der Waals surface area contributed by atoms with Crippen molar-refractivity contribution >= 4 is 0 Å². The molecule has 0 saturated carbocycles. The summed E-state index contributed by atoms with van der Waals surface area (Å²) < 4.78 is 5.74. The molecule has 1 aromatic rings. The monoisotopic (exact) mass is 291 g/mol. The molecule has 1 aromatic carbocycles. The van der Waals surface area contributed by atoms with Crippen LogP contribution in [0.2, 0.25) is 0 Å². The van der Waals surface area contributed by atoms with Crippen molar-refractivity contribution in [3.63, 3.8) is 0 Å². The van der Waals surface area contributed by atoms with E-state index in [4.69, 9.17) is 10.5 Å². The summed E-state index contributed by atoms with van der Waals surface area (Å²) in [5.41, 5.74) is 5.83. The minimum absolute atomic E-state index is 0.563. The summed E-state index contributed by atoms with van der Waals surface area (Å²) >= 11 is 0. The van der Waals surface area contributed by atoms with E-state index in [-0.39, 0.29) is 0 Å². The predicted molar refractivity (Wildman–Crippen MR) is 87.7 cm³/mol. The van der Waals surface area contributed by atoms with Crippen molar-refractivity contribution in [1.82, 2.24) is 9.80 Å². The van der Waals surface area contributed by atoms with E-state index in [1.165, 1.54) is 0 Å². The summed E-state index contributed by atoms with van der Waals surface area (Å²) in [7, 11) is 0. The van der Waals surface area contributed by atoms with Crippen LogP contribution in [-0.2, 0) is 0 Å². The van der Waals surface area contributed by atoms with Gasteiger partial charge in [-0.2, -0.15) is 0 Å². The summed E-state index contributed by atoms with van der Waals surface area (Å²) in [4.78, 5) is 5.07. The minimum Gasteiger partial charge on any atom is -0.494 e. The van der Waals surface area contributed by atoms with Gasteiger partial charge in [0.1, 0.15) is 5.75 Å². The molecule has 0 spiro atoms. The number of ether oxygens (including phenoxy) is 1. The first-order valence-electron chi connectivity index (χ1n) is 8.17. The zero-order valence-corrected chi connectivity index (χ0v) is 13.2. The summed E-state index contributed by atoms with van der Waals surface area (Å²) in [6.07, 6.45) is 2.24. The molecule has 1 fully saturated rings. The molecule has 1 saturated heterocycles. The molecular weight excluding hydrogens is 262 g/mol. The van der Waals surface area contributed by atoms with Gasteiger partial charge in [0.25, 0.3) is 0 Å². The van der Waals surface area contributed by atoms with Gasteiger partial charge in [-0.1, -0.05) is 25.1 Å². The van der Waals surface area contributed by atoms with Crippen LogP contribution in [-0.4, -0.2) is 61.7 Å². The zero-order valence-electron chi connectivity index (χ0n) is 13.2. The first-order chi connectivity index (χ1) is 10.3. The zero-order chi connectivity index (χ0) is 14.9. The maximum atomic E-state index is 5.83. The van der Waals surface area contributed by atoms with Crippen LogP contribution in [0.1, 0.15) is 19.8 Å². The van der Waals surface area contributed by atoms with Crippen LogP contribution in [0, 0.1) is 0 Å². The molecule has 4 heteroatoms. The van der Waals surface area contributed by atoms with Gasteiger partial charge in [0, 0.05) is 45.3 Å². The van der Waals surface area contributed by atoms with Gasteiger partial charge in [-0.3, -0.25) is 4.90 Å². The molecule has 0 amide bonds. The smallest absolute Gasteiger partial charge is 0.119 e. The van der Waals surface area contributed by atoms with Crippen molar-refractivity contribution in [3.05, 3.63) is 30.3 Å². The molecule has 0 aliphatic carbocycles. The molecule has 2 rings (SSSR count). The summed E-state index contributed by atoms with van der Waals surface area (Å²) in [5, 5.41) is 0. The Balaban J connectivity index is 1.59. The first kappa shape index (κ1) is 16.3. The Morgan fingerprint density at radius 3 is 2.48 bits per heavy atom. The van der Waals surface area contributed by atoms with Crippen LogP contribution in [0.5, 0.6) is 5.75 Å². The lowest BCUT2D eigenvalue weighted by Crippen LogP contribution is -2.52. The molecular formula is C17H29N3O. The van der Waals surface area contributed by atoms with Crippen LogP contribution >= 0.6 is 0 Å². The third kappa shape index (κ3) is 5.30. The molecule has 1 atom stereocenters. The number of piperazine rings is 1. The van der Waals surface area contributed by atoms with Gasteiger partial charge in [-0.25, -0.2) is 0 Å². The van der Waals surface area contributed by atoms with Crippen LogP contribution in [0.4, 0.5) is 0 Å². The van der Waals surface area contributed by atoms with Crippen molar-refractivity contribution in [2.75, 3.05) is 45.9 Å². The van der Waals surface area contributed by atoms with Crippen molar-refractivity contribution < 1.29 is 4.74 Å². The van der Waals surface area contributed by atoms with Crippen LogP contribution < -0.4 is 10.5 Å². The van der Waals surface area contributed by atoms with E-state index in [2.05, 4.69) is 16.7 Å². The number of para-hydroxylation sites is 1. The Kier molecular flexibility index (Phi) is 7.00. The van der Waals surface area contributed by atoms with Crippen LogP contribution in [0.15, 0.2) is 30.3 Å². The van der Waals surface area contributed by atoms with Gasteiger partial charge in [-0.15, -0.1) is 0 Å². The molecule has 2 N–H and O–H groups in total. The SMILES string of the molecule is CCC(CN)N1CCN(CCCOc2ccccc2)CC1. The van der Waals surface area contributed by atoms with Crippen molar-refractivity contribution in [2.45, 2.75) is 25.8 Å². The van der Waals surface area contributed by atoms with Crippen molar-refractivity contribution in [2.24, 2.45) is 5.73 Å². The standard InChI is InChI=1S/C17H29N3O/c1-2-16(15-18)20-12-10-19(11-13-20)9-6-14-21-17-7-4-3-5-8-17/h3-5,7-8,16H,2,6,9-15,18H2,1H3. The second kappa shape index (κ2) is 9.03. The topological polar surface area (TPSA) is 41.7 Å². The maximum absolute atomic E-state index is 5.83. The molecule has 0 aromatic heterocycles. The van der Waals surface area contributed by atoms with E-state index in [9.17, 15) is 0 Å². The molecule has 1 unspecified atom stereocenters. The minimum atomic E-state index is 0.563. The third-order valence-electron chi connectivity index (χ3n) is 4.30. The number of benzene rings is 1. The van der Waals surface area contributed by atoms with Crippen molar-refractivity contribution in [1.29, 1.82) is 0 Å². The fraction of sp³-hybridized carbons (Fsp3) is 0.647. The molecule has 0 radical (unpaired) electrons. The van der Waals surface area contributed by atoms with E-state index in [0.29, 0.717) is 6.04 Å². The van der Waals surface area contributed by atoms with Gasteiger partial charge in [0.05, 0.1) is 6.61 Å². The fourth-order valence-electron chi connectivity index (χ4n) is 2.92. The summed E-state index contributed by atoms with van der Waals surface area (Å²) in [6.45, 7) is 9.53. The lowest BCUT2D eigenvalue weighted by Gasteiger charge is -2.38. The Hall–Kier alpha value is -1.10. The predicted octanol–water partition coefficient (Wildman–Crippen LogP) is 1.81. The van der Waals surface area contributed by atoms with Gasteiger partial charge < -0.3 is 15.4 Å². The lowest BCUT2D eigenvalue weighted by atomic mass is 10.1. The van der Waals surface area contributed by atoms with Gasteiger partial charge in [-0.05, 0) is 25.0 Å². The van der Waals surface area contributed by atoms with E-state index < -0.39 is 0 Å². The molecule has 1 aliphatic rings. The highest BCUT2D eigenvalue weighted by molar-refractivity contribution is 5.20. The highest BCUT2D eigenvalue weighted by Crippen LogP contribution is 2.10. The molecule has 21 heavy (non-hydrogen) atoms. The summed E-state index contributed by atoms with van der Waals surface area (Å²) in [5.74, 6) is 0.969. The largest absolute Gasteiger partial charge is 0.494 e. The number of hydrogen-bond donors (Lipinski definition) is 1. The lowest BCUT2D eigenvalue weighted by molar-refractivity contribution is 0.0931. The van der Waals surface area contributed by atoms with E-state index in [1.54, 1.807) is 0 Å². The van der Waals surface area contributed by atoms with Gasteiger partial charge >= 0.3 is 0 Å². The fourth-order valence-corrected chi connectivity index (χ4v) is 2.92. The Bertz CT molecular complexity index is 373. The number of rotatable bonds is 8. The Morgan fingerprint density at radius 2 is 1.86 bits per heavy atom. The van der Waals surface area contributed by atoms with Crippen molar-refractivity contribution in [3.8, 4) is 5.75 Å². The highest BCUT2D eigenvalue weighted by atomic mass is 16.5. The van der Waals surface area contributed by atoms with E-state index in [0.717, 1.165) is 64.5 Å². The Morgan fingerprint density at radius 1 is 1.14 bits per heavy atom. The van der Waals surface area contributed by atoms with Crippen LogP contribution in [0.25, 0.3) is 0 Å². The molecule has 4 nitrogen and oxygen atoms in total. The number of hydrogen-bond acceptors (Lipinski definition) is 4. The first-order valence-corrected chi connectivity index (χ1v) is 8.17. The second-order valence-corrected chi connectivity index (χ2v) is 5.69. The summed E-state index contributed by atoms with van der Waals surface area (Å²) in [6, 6.07) is 10.6. The number of nitrogens with two attached hydrogens (primary N) is 1.